The maximum Gasteiger partial charge on any atom is 0.338 e. The van der Waals surface area contributed by atoms with E-state index >= 15 is 0 Å². The van der Waals surface area contributed by atoms with E-state index in [9.17, 15) is 18.0 Å². The largest absolute Gasteiger partial charge is 0.449 e. The first-order valence-corrected chi connectivity index (χ1v) is 10.9. The van der Waals surface area contributed by atoms with Gasteiger partial charge in [0.1, 0.15) is 0 Å². The molecule has 0 aromatic heterocycles. The van der Waals surface area contributed by atoms with Gasteiger partial charge in [-0.2, -0.15) is 4.31 Å². The number of esters is 1. The molecule has 0 aliphatic carbocycles. The van der Waals surface area contributed by atoms with Gasteiger partial charge in [0.05, 0.1) is 10.5 Å². The third-order valence-corrected chi connectivity index (χ3v) is 6.67. The van der Waals surface area contributed by atoms with E-state index in [0.29, 0.717) is 19.6 Å². The Morgan fingerprint density at radius 3 is 2.28 bits per heavy atom. The predicted octanol–water partition coefficient (Wildman–Crippen LogP) is 2.33. The van der Waals surface area contributed by atoms with Crippen molar-refractivity contribution in [1.29, 1.82) is 0 Å². The first-order valence-electron chi connectivity index (χ1n) is 9.51. The van der Waals surface area contributed by atoms with Crippen LogP contribution in [0.25, 0.3) is 0 Å². The van der Waals surface area contributed by atoms with Gasteiger partial charge in [0.2, 0.25) is 10.0 Å². The van der Waals surface area contributed by atoms with E-state index < -0.39 is 28.0 Å². The van der Waals surface area contributed by atoms with Crippen molar-refractivity contribution in [3.63, 3.8) is 0 Å². The molecular weight excluding hydrogens is 392 g/mol. The van der Waals surface area contributed by atoms with Crippen molar-refractivity contribution < 1.29 is 22.7 Å². The zero-order valence-corrected chi connectivity index (χ0v) is 17.0. The lowest BCUT2D eigenvalue weighted by atomic mass is 10.2. The standard InChI is InChI=1S/C21H24N2O5S/c1-16(20(24)22-15-17-7-3-2-4-8-17)28-21(25)18-9-11-19(12-10-18)29(26,27)23-13-5-6-14-23/h2-4,7-12,16H,5-6,13-15H2,1H3,(H,22,24)/t16-/m0/s1. The number of amides is 1. The number of nitrogens with zero attached hydrogens (tertiary/aromatic N) is 1. The van der Waals surface area contributed by atoms with Gasteiger partial charge in [0.25, 0.3) is 5.91 Å². The molecule has 3 rings (SSSR count). The van der Waals surface area contributed by atoms with E-state index in [0.717, 1.165) is 18.4 Å². The lowest BCUT2D eigenvalue weighted by Gasteiger charge is -2.16. The summed E-state index contributed by atoms with van der Waals surface area (Å²) in [4.78, 5) is 24.6. The first-order chi connectivity index (χ1) is 13.9. The van der Waals surface area contributed by atoms with Crippen LogP contribution in [0, 0.1) is 0 Å². The Labute approximate surface area is 170 Å². The molecule has 154 valence electrons. The molecule has 0 bridgehead atoms. The normalized spacial score (nSPS) is 15.6. The van der Waals surface area contributed by atoms with Crippen LogP contribution in [-0.4, -0.2) is 43.8 Å². The number of hydrogen-bond acceptors (Lipinski definition) is 5. The van der Waals surface area contributed by atoms with Crippen molar-refractivity contribution in [2.75, 3.05) is 13.1 Å². The van der Waals surface area contributed by atoms with E-state index in [-0.39, 0.29) is 10.5 Å². The minimum absolute atomic E-state index is 0.143. The summed E-state index contributed by atoms with van der Waals surface area (Å²) in [7, 11) is -3.53. The summed E-state index contributed by atoms with van der Waals surface area (Å²) in [5, 5.41) is 2.71. The molecule has 7 nitrogen and oxygen atoms in total. The summed E-state index contributed by atoms with van der Waals surface area (Å²) < 4.78 is 31.7. The SMILES string of the molecule is C[C@H](OC(=O)c1ccc(S(=O)(=O)N2CCCC2)cc1)C(=O)NCc1ccccc1. The first kappa shape index (κ1) is 21.0. The lowest BCUT2D eigenvalue weighted by Crippen LogP contribution is -2.35. The van der Waals surface area contributed by atoms with Crippen LogP contribution in [0.15, 0.2) is 59.5 Å². The minimum atomic E-state index is -3.53. The molecule has 1 saturated heterocycles. The van der Waals surface area contributed by atoms with Gasteiger partial charge in [-0.3, -0.25) is 4.79 Å². The number of ether oxygens (including phenoxy) is 1. The molecule has 1 N–H and O–H groups in total. The molecule has 2 aromatic carbocycles. The van der Waals surface area contributed by atoms with E-state index in [1.54, 1.807) is 0 Å². The molecule has 1 heterocycles. The zero-order valence-electron chi connectivity index (χ0n) is 16.2. The van der Waals surface area contributed by atoms with Gasteiger partial charge in [-0.25, -0.2) is 13.2 Å². The fourth-order valence-corrected chi connectivity index (χ4v) is 4.57. The van der Waals surface area contributed by atoms with Crippen LogP contribution >= 0.6 is 0 Å². The second-order valence-electron chi connectivity index (χ2n) is 6.89. The second-order valence-corrected chi connectivity index (χ2v) is 8.82. The number of carbonyl (C=O) groups is 2. The van der Waals surface area contributed by atoms with Gasteiger partial charge < -0.3 is 10.1 Å². The third-order valence-electron chi connectivity index (χ3n) is 4.76. The molecule has 1 amide bonds. The van der Waals surface area contributed by atoms with Gasteiger partial charge in [-0.05, 0) is 49.6 Å². The molecule has 0 radical (unpaired) electrons. The molecular formula is C21H24N2O5S. The highest BCUT2D eigenvalue weighted by atomic mass is 32.2. The fourth-order valence-electron chi connectivity index (χ4n) is 3.05. The van der Waals surface area contributed by atoms with Gasteiger partial charge >= 0.3 is 5.97 Å². The second kappa shape index (κ2) is 9.19. The van der Waals surface area contributed by atoms with Crippen molar-refractivity contribution >= 4 is 21.9 Å². The monoisotopic (exact) mass is 416 g/mol. The van der Waals surface area contributed by atoms with E-state index in [1.165, 1.54) is 35.5 Å². The number of nitrogens with one attached hydrogen (secondary N) is 1. The van der Waals surface area contributed by atoms with Crippen LogP contribution in [0.4, 0.5) is 0 Å². The van der Waals surface area contributed by atoms with Crippen molar-refractivity contribution in [3.05, 3.63) is 65.7 Å². The van der Waals surface area contributed by atoms with Crippen LogP contribution in [-0.2, 0) is 26.1 Å². The van der Waals surface area contributed by atoms with Crippen molar-refractivity contribution in [2.24, 2.45) is 0 Å². The summed E-state index contributed by atoms with van der Waals surface area (Å²) in [5.74, 6) is -1.09. The highest BCUT2D eigenvalue weighted by Gasteiger charge is 2.27. The highest BCUT2D eigenvalue weighted by molar-refractivity contribution is 7.89. The maximum atomic E-state index is 12.5. The quantitative estimate of drug-likeness (QED) is 0.700. The van der Waals surface area contributed by atoms with Crippen LogP contribution in [0.2, 0.25) is 0 Å². The fraction of sp³-hybridized carbons (Fsp3) is 0.333. The molecule has 29 heavy (non-hydrogen) atoms. The molecule has 1 fully saturated rings. The van der Waals surface area contributed by atoms with Gasteiger partial charge in [-0.1, -0.05) is 30.3 Å². The Kier molecular flexibility index (Phi) is 6.66. The van der Waals surface area contributed by atoms with E-state index in [2.05, 4.69) is 5.32 Å². The molecule has 1 atom stereocenters. The number of hydrogen-bond donors (Lipinski definition) is 1. The van der Waals surface area contributed by atoms with E-state index in [4.69, 9.17) is 4.74 Å². The van der Waals surface area contributed by atoms with Crippen LogP contribution in [0.1, 0.15) is 35.7 Å². The third kappa shape index (κ3) is 5.21. The predicted molar refractivity (Wildman–Crippen MR) is 108 cm³/mol. The van der Waals surface area contributed by atoms with Gasteiger partial charge in [0, 0.05) is 19.6 Å². The number of benzene rings is 2. The topological polar surface area (TPSA) is 92.8 Å². The maximum absolute atomic E-state index is 12.5. The van der Waals surface area contributed by atoms with Gasteiger partial charge in [0.15, 0.2) is 6.10 Å². The number of sulfonamides is 1. The molecule has 2 aromatic rings. The zero-order chi connectivity index (χ0) is 20.9. The summed E-state index contributed by atoms with van der Waals surface area (Å²) in [6.45, 7) is 2.86. The number of carbonyl (C=O) groups excluding carboxylic acids is 2. The molecule has 0 saturated carbocycles. The van der Waals surface area contributed by atoms with Crippen LogP contribution in [0.5, 0.6) is 0 Å². The Morgan fingerprint density at radius 1 is 1.03 bits per heavy atom. The summed E-state index contributed by atoms with van der Waals surface area (Å²) in [6.07, 6.45) is 0.737. The summed E-state index contributed by atoms with van der Waals surface area (Å²) in [5.41, 5.74) is 1.13. The molecule has 0 unspecified atom stereocenters. The average molecular weight is 416 g/mol. The lowest BCUT2D eigenvalue weighted by molar-refractivity contribution is -0.129. The van der Waals surface area contributed by atoms with E-state index in [1.807, 2.05) is 30.3 Å². The van der Waals surface area contributed by atoms with Crippen molar-refractivity contribution in [1.82, 2.24) is 9.62 Å². The van der Waals surface area contributed by atoms with Gasteiger partial charge in [-0.15, -0.1) is 0 Å². The van der Waals surface area contributed by atoms with Crippen molar-refractivity contribution in [2.45, 2.75) is 37.3 Å². The Hall–Kier alpha value is -2.71. The molecule has 1 aliphatic heterocycles. The Bertz CT molecular complexity index is 952. The number of rotatable bonds is 7. The van der Waals surface area contributed by atoms with Crippen molar-refractivity contribution in [3.8, 4) is 0 Å². The Balaban J connectivity index is 1.56. The minimum Gasteiger partial charge on any atom is -0.449 e. The molecule has 8 heteroatoms. The summed E-state index contributed by atoms with van der Waals surface area (Å²) in [6, 6.07) is 15.0. The van der Waals surface area contributed by atoms with Crippen LogP contribution < -0.4 is 5.32 Å². The smallest absolute Gasteiger partial charge is 0.338 e. The molecule has 1 aliphatic rings. The highest BCUT2D eigenvalue weighted by Crippen LogP contribution is 2.21. The van der Waals surface area contributed by atoms with Crippen LogP contribution in [0.3, 0.4) is 0 Å². The Morgan fingerprint density at radius 2 is 1.66 bits per heavy atom. The summed E-state index contributed by atoms with van der Waals surface area (Å²) >= 11 is 0. The average Bonchev–Trinajstić information content (AvgIpc) is 3.28. The molecule has 0 spiro atoms.